The van der Waals surface area contributed by atoms with E-state index in [2.05, 4.69) is 4.40 Å². The first-order valence-corrected chi connectivity index (χ1v) is 7.62. The van der Waals surface area contributed by atoms with E-state index < -0.39 is 11.4 Å². The molecule has 1 atom stereocenters. The molecule has 106 valence electrons. The molecule has 1 rings (SSSR count). The number of aryl methyl sites for hydroxylation is 1. The molecule has 0 N–H and O–H groups in total. The predicted molar refractivity (Wildman–Crippen MR) is 82.7 cm³/mol. The lowest BCUT2D eigenvalue weighted by Gasteiger charge is -2.17. The lowest BCUT2D eigenvalue weighted by atomic mass is 10.2. The zero-order valence-corrected chi connectivity index (χ0v) is 13.3. The Hall–Kier alpha value is -0.710. The first-order valence-electron chi connectivity index (χ1n) is 6.14. The van der Waals surface area contributed by atoms with E-state index in [1.165, 1.54) is 0 Å². The molecular formula is C14H20ClNO2S. The van der Waals surface area contributed by atoms with E-state index in [9.17, 15) is 4.55 Å². The average molecular weight is 302 g/mol. The Labute approximate surface area is 123 Å². The summed E-state index contributed by atoms with van der Waals surface area (Å²) in [7, 11) is 0. The van der Waals surface area contributed by atoms with Crippen LogP contribution in [0.1, 0.15) is 32.8 Å². The molecular weight excluding hydrogens is 282 g/mol. The SMILES string of the molecule is Cc1cc(Cl)ccc1OCCC=N[S+]([O-])C(C)(C)C. The Bertz CT molecular complexity index is 444. The van der Waals surface area contributed by atoms with Gasteiger partial charge in [-0.3, -0.25) is 0 Å². The highest BCUT2D eigenvalue weighted by molar-refractivity contribution is 7.91. The summed E-state index contributed by atoms with van der Waals surface area (Å²) in [5.74, 6) is 0.815. The number of hydrogen-bond acceptors (Lipinski definition) is 3. The Morgan fingerprint density at radius 3 is 2.68 bits per heavy atom. The summed E-state index contributed by atoms with van der Waals surface area (Å²) in [6, 6.07) is 5.51. The van der Waals surface area contributed by atoms with E-state index in [1.807, 2.05) is 39.8 Å². The maximum Gasteiger partial charge on any atom is 0.144 e. The van der Waals surface area contributed by atoms with Crippen LogP contribution in [-0.2, 0) is 11.4 Å². The molecule has 0 aliphatic rings. The molecule has 0 spiro atoms. The fourth-order valence-electron chi connectivity index (χ4n) is 1.27. The van der Waals surface area contributed by atoms with Gasteiger partial charge in [0, 0.05) is 11.4 Å². The van der Waals surface area contributed by atoms with Crippen LogP contribution in [-0.4, -0.2) is 22.1 Å². The first-order chi connectivity index (χ1) is 8.80. The van der Waals surface area contributed by atoms with E-state index in [1.54, 1.807) is 12.3 Å². The number of hydrogen-bond donors (Lipinski definition) is 0. The number of halogens is 1. The fraction of sp³-hybridized carbons (Fsp3) is 0.500. The van der Waals surface area contributed by atoms with E-state index in [0.29, 0.717) is 18.1 Å². The van der Waals surface area contributed by atoms with Crippen LogP contribution in [0, 0.1) is 6.92 Å². The molecule has 0 heterocycles. The lowest BCUT2D eigenvalue weighted by Crippen LogP contribution is -2.25. The Kier molecular flexibility index (Phi) is 6.17. The van der Waals surface area contributed by atoms with Crippen LogP contribution < -0.4 is 4.74 Å². The van der Waals surface area contributed by atoms with Gasteiger partial charge in [0.1, 0.15) is 21.9 Å². The van der Waals surface area contributed by atoms with Gasteiger partial charge >= 0.3 is 0 Å². The van der Waals surface area contributed by atoms with Crippen molar-refractivity contribution in [1.82, 2.24) is 0 Å². The van der Waals surface area contributed by atoms with Crippen LogP contribution in [0.15, 0.2) is 22.6 Å². The van der Waals surface area contributed by atoms with Gasteiger partial charge in [-0.25, -0.2) is 0 Å². The molecule has 0 aromatic heterocycles. The Balaban J connectivity index is 2.37. The molecule has 0 amide bonds. The maximum atomic E-state index is 11.6. The van der Waals surface area contributed by atoms with Crippen molar-refractivity contribution in [1.29, 1.82) is 0 Å². The van der Waals surface area contributed by atoms with Crippen LogP contribution in [0.4, 0.5) is 0 Å². The summed E-state index contributed by atoms with van der Waals surface area (Å²) >= 11 is 4.67. The summed E-state index contributed by atoms with van der Waals surface area (Å²) in [5, 5.41) is 0.701. The highest BCUT2D eigenvalue weighted by Gasteiger charge is 2.25. The van der Waals surface area contributed by atoms with Crippen molar-refractivity contribution >= 4 is 29.2 Å². The van der Waals surface area contributed by atoms with Crippen molar-refractivity contribution in [2.75, 3.05) is 6.61 Å². The molecule has 0 saturated heterocycles. The van der Waals surface area contributed by atoms with Crippen LogP contribution in [0.3, 0.4) is 0 Å². The zero-order chi connectivity index (χ0) is 14.5. The van der Waals surface area contributed by atoms with E-state index in [4.69, 9.17) is 16.3 Å². The van der Waals surface area contributed by atoms with Crippen LogP contribution >= 0.6 is 11.6 Å². The highest BCUT2D eigenvalue weighted by atomic mass is 35.5. The van der Waals surface area contributed by atoms with E-state index in [-0.39, 0.29) is 4.75 Å². The van der Waals surface area contributed by atoms with Crippen molar-refractivity contribution in [3.05, 3.63) is 28.8 Å². The summed E-state index contributed by atoms with van der Waals surface area (Å²) < 4.78 is 21.0. The number of benzene rings is 1. The lowest BCUT2D eigenvalue weighted by molar-refractivity contribution is 0.328. The van der Waals surface area contributed by atoms with Gasteiger partial charge in [0.15, 0.2) is 0 Å². The van der Waals surface area contributed by atoms with Crippen LogP contribution in [0.5, 0.6) is 5.75 Å². The molecule has 19 heavy (non-hydrogen) atoms. The third-order valence-corrected chi connectivity index (χ3v) is 3.96. The topological polar surface area (TPSA) is 44.6 Å². The molecule has 0 aliphatic carbocycles. The monoisotopic (exact) mass is 301 g/mol. The number of ether oxygens (including phenoxy) is 1. The van der Waals surface area contributed by atoms with Crippen molar-refractivity contribution < 1.29 is 9.29 Å². The van der Waals surface area contributed by atoms with Crippen molar-refractivity contribution in [2.45, 2.75) is 38.9 Å². The third-order valence-electron chi connectivity index (χ3n) is 2.34. The summed E-state index contributed by atoms with van der Waals surface area (Å²) in [6.45, 7) is 8.15. The molecule has 0 fully saturated rings. The molecule has 1 aromatic carbocycles. The number of nitrogens with zero attached hydrogens (tertiary/aromatic N) is 1. The molecule has 0 aliphatic heterocycles. The molecule has 0 saturated carbocycles. The summed E-state index contributed by atoms with van der Waals surface area (Å²) in [6.07, 6.45) is 2.29. The average Bonchev–Trinajstić information content (AvgIpc) is 2.29. The van der Waals surface area contributed by atoms with Crippen molar-refractivity contribution in [2.24, 2.45) is 4.40 Å². The largest absolute Gasteiger partial charge is 0.591 e. The van der Waals surface area contributed by atoms with Crippen molar-refractivity contribution in [3.8, 4) is 5.75 Å². The fourth-order valence-corrected chi connectivity index (χ4v) is 2.06. The van der Waals surface area contributed by atoms with Gasteiger partial charge in [0.05, 0.1) is 12.8 Å². The second-order valence-corrected chi connectivity index (χ2v) is 7.57. The molecule has 5 heteroatoms. The van der Waals surface area contributed by atoms with Gasteiger partial charge in [-0.1, -0.05) is 16.0 Å². The van der Waals surface area contributed by atoms with Gasteiger partial charge in [-0.05, 0) is 51.5 Å². The normalized spacial score (nSPS) is 13.8. The van der Waals surface area contributed by atoms with Gasteiger partial charge < -0.3 is 9.29 Å². The Morgan fingerprint density at radius 2 is 2.11 bits per heavy atom. The standard InChI is InChI=1S/C14H20ClNO2S/c1-11-10-12(15)6-7-13(11)18-9-5-8-16-19(17)14(2,3)4/h6-8,10H,5,9H2,1-4H3. The zero-order valence-electron chi connectivity index (χ0n) is 11.8. The summed E-state index contributed by atoms with van der Waals surface area (Å²) in [5.41, 5.74) is 1.00. The molecule has 1 aromatic rings. The van der Waals surface area contributed by atoms with Crippen molar-refractivity contribution in [3.63, 3.8) is 0 Å². The quantitative estimate of drug-likeness (QED) is 0.469. The molecule has 0 radical (unpaired) electrons. The van der Waals surface area contributed by atoms with Crippen LogP contribution in [0.2, 0.25) is 5.02 Å². The minimum absolute atomic E-state index is 0.315. The number of rotatable bonds is 5. The smallest absolute Gasteiger partial charge is 0.144 e. The maximum absolute atomic E-state index is 11.6. The van der Waals surface area contributed by atoms with Crippen LogP contribution in [0.25, 0.3) is 0 Å². The Morgan fingerprint density at radius 1 is 1.42 bits per heavy atom. The minimum Gasteiger partial charge on any atom is -0.591 e. The van der Waals surface area contributed by atoms with E-state index >= 15 is 0 Å². The summed E-state index contributed by atoms with van der Waals surface area (Å²) in [4.78, 5) is 0. The molecule has 3 nitrogen and oxygen atoms in total. The third kappa shape index (κ3) is 5.85. The van der Waals surface area contributed by atoms with Gasteiger partial charge in [0.2, 0.25) is 0 Å². The second-order valence-electron chi connectivity index (χ2n) is 5.20. The first kappa shape index (κ1) is 16.3. The van der Waals surface area contributed by atoms with Gasteiger partial charge in [-0.2, -0.15) is 0 Å². The van der Waals surface area contributed by atoms with Gasteiger partial charge in [0.25, 0.3) is 0 Å². The minimum atomic E-state index is -1.20. The second kappa shape index (κ2) is 7.17. The highest BCUT2D eigenvalue weighted by Crippen LogP contribution is 2.21. The predicted octanol–water partition coefficient (Wildman–Crippen LogP) is 3.95. The van der Waals surface area contributed by atoms with E-state index in [0.717, 1.165) is 11.3 Å². The molecule has 1 unspecified atom stereocenters. The molecule has 0 bridgehead atoms. The van der Waals surface area contributed by atoms with Gasteiger partial charge in [-0.15, -0.1) is 0 Å².